The Morgan fingerprint density at radius 2 is 0.712 bits per heavy atom. The van der Waals surface area contributed by atoms with Crippen LogP contribution in [0.3, 0.4) is 0 Å². The van der Waals surface area contributed by atoms with Gasteiger partial charge in [-0.05, 0) is 120 Å². The van der Waals surface area contributed by atoms with Crippen LogP contribution in [0.2, 0.25) is 0 Å². The van der Waals surface area contributed by atoms with E-state index in [4.69, 9.17) is 0 Å². The quantitative estimate of drug-likeness (QED) is 0.142. The summed E-state index contributed by atoms with van der Waals surface area (Å²) in [5.41, 5.74) is 8.25. The molecule has 0 unspecified atom stereocenters. The highest BCUT2D eigenvalue weighted by Crippen LogP contribution is 2.42. The van der Waals surface area contributed by atoms with Gasteiger partial charge in [-0.25, -0.2) is 0 Å². The summed E-state index contributed by atoms with van der Waals surface area (Å²) in [6.45, 7) is 0. The first kappa shape index (κ1) is 27.8. The highest BCUT2D eigenvalue weighted by Gasteiger charge is 2.17. The van der Waals surface area contributed by atoms with E-state index in [1.165, 1.54) is 4.90 Å². The van der Waals surface area contributed by atoms with Gasteiger partial charge >= 0.3 is 0 Å². The fourth-order valence-corrected chi connectivity index (χ4v) is 7.73. The van der Waals surface area contributed by atoms with Gasteiger partial charge in [-0.1, -0.05) is 206 Å². The van der Waals surface area contributed by atoms with Crippen LogP contribution in [0.25, 0.3) is 77.5 Å². The van der Waals surface area contributed by atoms with Crippen LogP contribution >= 0.6 is 0 Å². The molecule has 1 nitrogen and oxygen atoms in total. The summed E-state index contributed by atoms with van der Waals surface area (Å²) in [5.74, 6) is 0. The van der Waals surface area contributed by atoms with Gasteiger partial charge in [-0.15, -0.1) is 0 Å². The predicted molar refractivity (Wildman–Crippen MR) is 251 cm³/mol. The molecule has 0 aromatic heterocycles. The number of rotatable bonds is 9. The summed E-state index contributed by atoms with van der Waals surface area (Å²) >= 11 is 0. The lowest BCUT2D eigenvalue weighted by atomic mass is 9.89. The number of fused-ring (bicyclic) bond motifs is 1. The van der Waals surface area contributed by atoms with Gasteiger partial charge in [0.25, 0.3) is 0 Å². The average Bonchev–Trinajstić information content (AvgIpc) is 3.38. The first-order valence-corrected chi connectivity index (χ1v) is 19.6. The zero-order valence-corrected chi connectivity index (χ0v) is 32.0. The molecule has 0 atom stereocenters. The first-order chi connectivity index (χ1) is 32.6. The maximum Gasteiger partial charge on any atom is 0.0645 e. The third-order valence-electron chi connectivity index (χ3n) is 10.6. The maximum absolute atomic E-state index is 9.78. The smallest absolute Gasteiger partial charge is 0.0645 e. The van der Waals surface area contributed by atoms with Gasteiger partial charge in [0.05, 0.1) is 11.0 Å². The van der Waals surface area contributed by atoms with Gasteiger partial charge in [0.1, 0.15) is 0 Å². The van der Waals surface area contributed by atoms with Gasteiger partial charge < -0.3 is 4.90 Å². The second-order valence-electron chi connectivity index (χ2n) is 14.3. The molecule has 0 aliphatic heterocycles. The van der Waals surface area contributed by atoms with Gasteiger partial charge in [-0.3, -0.25) is 0 Å². The number of hydrogen-bond acceptors (Lipinski definition) is 1. The second kappa shape index (κ2) is 16.0. The van der Waals surface area contributed by atoms with Crippen molar-refractivity contribution in [2.45, 2.75) is 0 Å². The molecule has 0 radical (unpaired) electrons. The Morgan fingerprint density at radius 3 is 1.31 bits per heavy atom. The van der Waals surface area contributed by atoms with Crippen molar-refractivity contribution in [1.82, 2.24) is 0 Å². The summed E-state index contributed by atoms with van der Waals surface area (Å²) in [7, 11) is 0. The Morgan fingerprint density at radius 1 is 0.271 bits per heavy atom. The fourth-order valence-electron chi connectivity index (χ4n) is 7.73. The molecule has 0 heterocycles. The number of benzene rings is 10. The molecule has 0 saturated carbocycles. The first-order valence-electron chi connectivity index (χ1n) is 23.6. The molecule has 10 rings (SSSR count). The molecule has 1 heteroatoms. The molecular weight excluding hydrogens is 711 g/mol. The van der Waals surface area contributed by atoms with E-state index >= 15 is 0 Å². The van der Waals surface area contributed by atoms with Crippen LogP contribution < -0.4 is 4.90 Å². The predicted octanol–water partition coefficient (Wildman–Crippen LogP) is 16.3. The summed E-state index contributed by atoms with van der Waals surface area (Å²) in [6.07, 6.45) is 0. The average molecular weight is 760 g/mol. The molecule has 0 spiro atoms. The van der Waals surface area contributed by atoms with Crippen molar-refractivity contribution in [2.24, 2.45) is 0 Å². The van der Waals surface area contributed by atoms with Crippen LogP contribution in [0.5, 0.6) is 0 Å². The van der Waals surface area contributed by atoms with Crippen molar-refractivity contribution in [2.75, 3.05) is 4.90 Å². The monoisotopic (exact) mass is 759 g/mol. The molecule has 59 heavy (non-hydrogen) atoms. The van der Waals surface area contributed by atoms with Crippen molar-refractivity contribution in [3.63, 3.8) is 0 Å². The fraction of sp³-hybridized carbons (Fsp3) is 0. The SMILES string of the molecule is [2H]c1c([2H])c(N(c2ccc(-c3ccccc3)cc2)c2c([2H])c([2H])c(-c3c(-c4ccccc4)ccc4ccccc34)c([2H])c2[2H])c([2H])c([2H])c1-c1ccc(-c2ccccc2)c(-c2ccccc2)c1. The summed E-state index contributed by atoms with van der Waals surface area (Å²) in [6, 6.07) is 60.8. The van der Waals surface area contributed by atoms with Crippen LogP contribution in [0.4, 0.5) is 17.1 Å². The van der Waals surface area contributed by atoms with Crippen LogP contribution in [0.1, 0.15) is 11.0 Å². The van der Waals surface area contributed by atoms with Gasteiger partial charge in [0.15, 0.2) is 0 Å². The van der Waals surface area contributed by atoms with E-state index in [1.54, 1.807) is 12.1 Å². The van der Waals surface area contributed by atoms with Crippen molar-refractivity contribution < 1.29 is 11.0 Å². The zero-order chi connectivity index (χ0) is 46.3. The zero-order valence-electron chi connectivity index (χ0n) is 40.0. The van der Waals surface area contributed by atoms with E-state index in [0.717, 1.165) is 55.3 Å². The Kier molecular flexibility index (Phi) is 7.54. The summed E-state index contributed by atoms with van der Waals surface area (Å²) in [5, 5.41) is 1.63. The Bertz CT molecular complexity index is 3410. The molecular formula is C58H41N. The largest absolute Gasteiger partial charge is 0.311 e. The van der Waals surface area contributed by atoms with E-state index in [9.17, 15) is 11.0 Å². The highest BCUT2D eigenvalue weighted by atomic mass is 15.1. The van der Waals surface area contributed by atoms with Crippen molar-refractivity contribution >= 4 is 27.8 Å². The minimum Gasteiger partial charge on any atom is -0.311 e. The molecule has 0 aliphatic rings. The number of nitrogens with zero attached hydrogens (tertiary/aromatic N) is 1. The molecule has 10 aromatic rings. The lowest BCUT2D eigenvalue weighted by Gasteiger charge is -2.26. The molecule has 0 fully saturated rings. The molecule has 278 valence electrons. The molecule has 0 N–H and O–H groups in total. The van der Waals surface area contributed by atoms with Gasteiger partial charge in [0, 0.05) is 17.1 Å². The summed E-state index contributed by atoms with van der Waals surface area (Å²) in [4.78, 5) is 1.36. The molecule has 10 aromatic carbocycles. The number of anilines is 3. The molecule has 0 saturated heterocycles. The Balaban J connectivity index is 1.21. The normalized spacial score (nSPS) is 12.9. The molecule has 0 amide bonds. The standard InChI is InChI=1S/C58H41N/c1-5-15-42(16-6-1)43-25-33-51(34-26-43)59(53-37-29-49(30-38-53)58-55-24-14-13-23-48(55)31-40-56(58)46-19-9-3-10-20-46)52-35-27-44(28-36-52)50-32-39-54(45-17-7-2-8-18-45)57(41-50)47-21-11-4-12-22-47/h1-41H/i27D,28D,29D,30D,35D,36D,37D,38D. The third-order valence-corrected chi connectivity index (χ3v) is 10.6. The van der Waals surface area contributed by atoms with Crippen molar-refractivity contribution in [3.8, 4) is 66.8 Å². The Hall–Kier alpha value is -7.74. The molecule has 0 bridgehead atoms. The van der Waals surface area contributed by atoms with Gasteiger partial charge in [0.2, 0.25) is 0 Å². The van der Waals surface area contributed by atoms with Crippen LogP contribution in [0, 0.1) is 0 Å². The lowest BCUT2D eigenvalue weighted by Crippen LogP contribution is -2.09. The van der Waals surface area contributed by atoms with E-state index < -0.39 is 24.2 Å². The van der Waals surface area contributed by atoms with Crippen LogP contribution in [-0.4, -0.2) is 0 Å². The summed E-state index contributed by atoms with van der Waals surface area (Å²) < 4.78 is 77.7. The second-order valence-corrected chi connectivity index (χ2v) is 14.3. The van der Waals surface area contributed by atoms with E-state index in [2.05, 4.69) is 0 Å². The minimum absolute atomic E-state index is 0.0919. The highest BCUT2D eigenvalue weighted by molar-refractivity contribution is 6.04. The lowest BCUT2D eigenvalue weighted by molar-refractivity contribution is 1.28. The van der Waals surface area contributed by atoms with Crippen LogP contribution in [-0.2, 0) is 0 Å². The van der Waals surface area contributed by atoms with Crippen LogP contribution in [0.15, 0.2) is 249 Å². The topological polar surface area (TPSA) is 3.24 Å². The Labute approximate surface area is 358 Å². The van der Waals surface area contributed by atoms with E-state index in [0.29, 0.717) is 16.8 Å². The van der Waals surface area contributed by atoms with E-state index in [-0.39, 0.29) is 46.7 Å². The maximum atomic E-state index is 9.78. The van der Waals surface area contributed by atoms with Gasteiger partial charge in [-0.2, -0.15) is 0 Å². The third kappa shape index (κ3) is 7.23. The van der Waals surface area contributed by atoms with Crippen molar-refractivity contribution in [3.05, 3.63) is 249 Å². The minimum atomic E-state index is -0.405. The molecule has 0 aliphatic carbocycles. The van der Waals surface area contributed by atoms with E-state index in [1.807, 2.05) is 188 Å². The number of hydrogen-bond donors (Lipinski definition) is 0. The van der Waals surface area contributed by atoms with Crippen molar-refractivity contribution in [1.29, 1.82) is 0 Å².